The molecule has 4 nitrogen and oxygen atoms in total. The minimum Gasteiger partial charge on any atom is -0.487 e. The molecule has 4 aromatic rings. The summed E-state index contributed by atoms with van der Waals surface area (Å²) < 4.78 is 8.68. The van der Waals surface area contributed by atoms with E-state index in [-0.39, 0.29) is 5.56 Å². The molecule has 0 aliphatic carbocycles. The Morgan fingerprint density at radius 1 is 1.10 bits per heavy atom. The van der Waals surface area contributed by atoms with Gasteiger partial charge in [-0.15, -0.1) is 11.3 Å². The minimum absolute atomic E-state index is 0.0813. The zero-order valence-electron chi connectivity index (χ0n) is 15.8. The third-order valence-corrected chi connectivity index (χ3v) is 6.22. The molecule has 146 valence electrons. The lowest BCUT2D eigenvalue weighted by Gasteiger charge is -2.13. The summed E-state index contributed by atoms with van der Waals surface area (Å²) >= 11 is 5.04. The molecule has 6 heteroatoms. The molecule has 0 spiro atoms. The number of rotatable bonds is 6. The summed E-state index contributed by atoms with van der Waals surface area (Å²) in [6.07, 6.45) is 1.77. The molecular weight excluding hydrogens is 448 g/mol. The Morgan fingerprint density at radius 3 is 2.59 bits per heavy atom. The topological polar surface area (TPSA) is 44.1 Å². The van der Waals surface area contributed by atoms with Gasteiger partial charge >= 0.3 is 0 Å². The molecule has 0 N–H and O–H groups in total. The summed E-state index contributed by atoms with van der Waals surface area (Å²) in [7, 11) is 0. The first kappa shape index (κ1) is 19.6. The monoisotopic (exact) mass is 466 g/mol. The standard InChI is InChI=1S/C23H19BrN2O2S/c1-16-15-29-22(25-16)20-11-19(28-14-17-7-3-2-4-8-17)13-26(23(20)27)12-18-9-5-6-10-21(18)24/h2-11,13,15H,12,14H2,1H3. The van der Waals surface area contributed by atoms with Crippen molar-refractivity contribution in [2.75, 3.05) is 0 Å². The van der Waals surface area contributed by atoms with E-state index < -0.39 is 0 Å². The van der Waals surface area contributed by atoms with Crippen LogP contribution in [0.2, 0.25) is 0 Å². The quantitative estimate of drug-likeness (QED) is 0.367. The number of thiazole rings is 1. The maximum atomic E-state index is 13.2. The second-order valence-electron chi connectivity index (χ2n) is 6.68. The van der Waals surface area contributed by atoms with Crippen LogP contribution in [0.25, 0.3) is 10.6 Å². The van der Waals surface area contributed by atoms with Crippen LogP contribution in [0.4, 0.5) is 0 Å². The lowest BCUT2D eigenvalue weighted by Crippen LogP contribution is -2.22. The summed E-state index contributed by atoms with van der Waals surface area (Å²) in [4.78, 5) is 17.7. The SMILES string of the molecule is Cc1csc(-c2cc(OCc3ccccc3)cn(Cc3ccccc3Br)c2=O)n1. The highest BCUT2D eigenvalue weighted by Crippen LogP contribution is 2.25. The average Bonchev–Trinajstić information content (AvgIpc) is 3.17. The lowest BCUT2D eigenvalue weighted by atomic mass is 10.2. The third-order valence-electron chi connectivity index (χ3n) is 4.46. The Morgan fingerprint density at radius 2 is 1.86 bits per heavy atom. The van der Waals surface area contributed by atoms with Gasteiger partial charge in [-0.2, -0.15) is 0 Å². The van der Waals surface area contributed by atoms with Crippen LogP contribution in [-0.2, 0) is 13.2 Å². The van der Waals surface area contributed by atoms with Gasteiger partial charge < -0.3 is 9.30 Å². The predicted octanol–water partition coefficient (Wildman–Crippen LogP) is 5.67. The van der Waals surface area contributed by atoms with Crippen LogP contribution in [-0.4, -0.2) is 9.55 Å². The summed E-state index contributed by atoms with van der Waals surface area (Å²) in [5, 5.41) is 2.66. The first-order chi connectivity index (χ1) is 14.1. The molecule has 2 aromatic heterocycles. The van der Waals surface area contributed by atoms with Gasteiger partial charge in [-0.25, -0.2) is 4.98 Å². The van der Waals surface area contributed by atoms with Crippen molar-refractivity contribution in [3.63, 3.8) is 0 Å². The Labute approximate surface area is 181 Å². The fourth-order valence-corrected chi connectivity index (χ4v) is 4.20. The number of hydrogen-bond donors (Lipinski definition) is 0. The number of hydrogen-bond acceptors (Lipinski definition) is 4. The van der Waals surface area contributed by atoms with E-state index in [1.54, 1.807) is 16.8 Å². The van der Waals surface area contributed by atoms with Crippen molar-refractivity contribution in [2.24, 2.45) is 0 Å². The lowest BCUT2D eigenvalue weighted by molar-refractivity contribution is 0.303. The Balaban J connectivity index is 1.72. The van der Waals surface area contributed by atoms with Gasteiger partial charge in [0, 0.05) is 21.7 Å². The van der Waals surface area contributed by atoms with Crippen molar-refractivity contribution in [1.82, 2.24) is 9.55 Å². The normalized spacial score (nSPS) is 10.8. The highest BCUT2D eigenvalue weighted by Gasteiger charge is 2.14. The maximum absolute atomic E-state index is 13.2. The molecule has 2 heterocycles. The number of aryl methyl sites for hydroxylation is 1. The van der Waals surface area contributed by atoms with E-state index in [4.69, 9.17) is 4.74 Å². The van der Waals surface area contributed by atoms with Crippen LogP contribution in [0.1, 0.15) is 16.8 Å². The molecular formula is C23H19BrN2O2S. The van der Waals surface area contributed by atoms with Crippen LogP contribution >= 0.6 is 27.3 Å². The van der Waals surface area contributed by atoms with Crippen LogP contribution in [0.5, 0.6) is 5.75 Å². The van der Waals surface area contributed by atoms with Crippen molar-refractivity contribution < 1.29 is 4.74 Å². The number of nitrogens with zero attached hydrogens (tertiary/aromatic N) is 2. The van der Waals surface area contributed by atoms with E-state index >= 15 is 0 Å². The van der Waals surface area contributed by atoms with Gasteiger partial charge in [0.1, 0.15) is 17.4 Å². The van der Waals surface area contributed by atoms with Crippen molar-refractivity contribution in [3.8, 4) is 16.3 Å². The van der Waals surface area contributed by atoms with E-state index in [1.807, 2.05) is 66.9 Å². The molecule has 0 atom stereocenters. The van der Waals surface area contributed by atoms with E-state index in [1.165, 1.54) is 11.3 Å². The molecule has 29 heavy (non-hydrogen) atoms. The molecule has 4 rings (SSSR count). The number of benzene rings is 2. The first-order valence-corrected chi connectivity index (χ1v) is 10.8. The molecule has 0 saturated heterocycles. The van der Waals surface area contributed by atoms with E-state index in [2.05, 4.69) is 20.9 Å². The number of halogens is 1. The molecule has 2 aromatic carbocycles. The third kappa shape index (κ3) is 4.66. The number of aromatic nitrogens is 2. The van der Waals surface area contributed by atoms with Gasteiger partial charge in [0.15, 0.2) is 0 Å². The fourth-order valence-electron chi connectivity index (χ4n) is 2.99. The van der Waals surface area contributed by atoms with E-state index in [9.17, 15) is 4.79 Å². The summed E-state index contributed by atoms with van der Waals surface area (Å²) in [5.74, 6) is 0.642. The van der Waals surface area contributed by atoms with Crippen LogP contribution in [0, 0.1) is 6.92 Å². The molecule has 0 saturated carbocycles. The molecule has 0 aliphatic heterocycles. The molecule has 0 radical (unpaired) electrons. The zero-order chi connectivity index (χ0) is 20.2. The first-order valence-electron chi connectivity index (χ1n) is 9.17. The highest BCUT2D eigenvalue weighted by molar-refractivity contribution is 9.10. The van der Waals surface area contributed by atoms with Gasteiger partial charge in [0.2, 0.25) is 0 Å². The van der Waals surface area contributed by atoms with Gasteiger partial charge in [-0.3, -0.25) is 4.79 Å². The highest BCUT2D eigenvalue weighted by atomic mass is 79.9. The summed E-state index contributed by atoms with van der Waals surface area (Å²) in [5.41, 5.74) is 3.47. The number of pyridine rings is 1. The largest absolute Gasteiger partial charge is 0.487 e. The van der Waals surface area contributed by atoms with Gasteiger partial charge in [0.25, 0.3) is 5.56 Å². The minimum atomic E-state index is -0.0813. The molecule has 0 fully saturated rings. The van der Waals surface area contributed by atoms with Crippen LogP contribution in [0.3, 0.4) is 0 Å². The molecule has 0 aliphatic rings. The second kappa shape index (κ2) is 8.76. The van der Waals surface area contributed by atoms with E-state index in [0.29, 0.717) is 29.5 Å². The Kier molecular flexibility index (Phi) is 5.92. The molecule has 0 amide bonds. The molecule has 0 unspecified atom stereocenters. The van der Waals surface area contributed by atoms with Crippen LogP contribution < -0.4 is 10.3 Å². The fraction of sp³-hybridized carbons (Fsp3) is 0.130. The van der Waals surface area contributed by atoms with E-state index in [0.717, 1.165) is 21.3 Å². The number of ether oxygens (including phenoxy) is 1. The van der Waals surface area contributed by atoms with Crippen molar-refractivity contribution in [2.45, 2.75) is 20.1 Å². The summed E-state index contributed by atoms with van der Waals surface area (Å²) in [6.45, 7) is 2.81. The van der Waals surface area contributed by atoms with Gasteiger partial charge in [-0.05, 0) is 30.2 Å². The Bertz CT molecular complexity index is 1180. The zero-order valence-corrected chi connectivity index (χ0v) is 18.2. The average molecular weight is 467 g/mol. The van der Waals surface area contributed by atoms with Crippen LogP contribution in [0.15, 0.2) is 81.5 Å². The van der Waals surface area contributed by atoms with Crippen molar-refractivity contribution in [3.05, 3.63) is 104 Å². The van der Waals surface area contributed by atoms with Gasteiger partial charge in [-0.1, -0.05) is 64.5 Å². The van der Waals surface area contributed by atoms with Crippen molar-refractivity contribution in [1.29, 1.82) is 0 Å². The predicted molar refractivity (Wildman–Crippen MR) is 121 cm³/mol. The maximum Gasteiger partial charge on any atom is 0.261 e. The Hall–Kier alpha value is -2.70. The second-order valence-corrected chi connectivity index (χ2v) is 8.39. The van der Waals surface area contributed by atoms with Gasteiger partial charge in [0.05, 0.1) is 12.1 Å². The molecule has 0 bridgehead atoms. The van der Waals surface area contributed by atoms with Crippen molar-refractivity contribution >= 4 is 27.3 Å². The smallest absolute Gasteiger partial charge is 0.261 e. The summed E-state index contributed by atoms with van der Waals surface area (Å²) in [6, 6.07) is 19.7.